The summed E-state index contributed by atoms with van der Waals surface area (Å²) in [6, 6.07) is 28.1. The first-order chi connectivity index (χ1) is 23.3. The monoisotopic (exact) mass is 654 g/mol. The molecule has 8 heteroatoms. The van der Waals surface area contributed by atoms with Crippen LogP contribution in [0.5, 0.6) is 0 Å². The van der Waals surface area contributed by atoms with Crippen molar-refractivity contribution in [1.29, 1.82) is 0 Å². The van der Waals surface area contributed by atoms with Gasteiger partial charge in [0.25, 0.3) is 0 Å². The van der Waals surface area contributed by atoms with Crippen molar-refractivity contribution in [1.82, 2.24) is 10.2 Å². The summed E-state index contributed by atoms with van der Waals surface area (Å²) >= 11 is 0. The van der Waals surface area contributed by atoms with E-state index in [1.165, 1.54) is 0 Å². The fourth-order valence-electron chi connectivity index (χ4n) is 6.06. The average Bonchev–Trinajstić information content (AvgIpc) is 3.10. The zero-order valence-electron chi connectivity index (χ0n) is 28.4. The molecule has 1 saturated heterocycles. The maximum Gasteiger partial charge on any atom is 0.310 e. The van der Waals surface area contributed by atoms with E-state index in [2.05, 4.69) is 10.2 Å². The van der Waals surface area contributed by atoms with Crippen molar-refractivity contribution >= 4 is 23.4 Å². The maximum atomic E-state index is 14.0. The number of carbonyl (C=O) groups excluding carboxylic acids is 4. The van der Waals surface area contributed by atoms with E-state index in [4.69, 9.17) is 9.47 Å². The van der Waals surface area contributed by atoms with Crippen molar-refractivity contribution in [2.45, 2.75) is 65.0 Å². The Morgan fingerprint density at radius 3 is 1.96 bits per heavy atom. The van der Waals surface area contributed by atoms with Gasteiger partial charge in [-0.15, -0.1) is 0 Å². The van der Waals surface area contributed by atoms with E-state index in [1.807, 2.05) is 105 Å². The number of nitrogens with zero attached hydrogens (tertiary/aromatic N) is 1. The van der Waals surface area contributed by atoms with Gasteiger partial charge in [0.05, 0.1) is 31.7 Å². The van der Waals surface area contributed by atoms with Crippen LogP contribution >= 0.6 is 0 Å². The lowest BCUT2D eigenvalue weighted by molar-refractivity contribution is -0.151. The molecule has 0 saturated carbocycles. The average molecular weight is 655 g/mol. The van der Waals surface area contributed by atoms with E-state index in [9.17, 15) is 19.2 Å². The van der Waals surface area contributed by atoms with E-state index in [0.717, 1.165) is 16.7 Å². The van der Waals surface area contributed by atoms with Crippen LogP contribution in [0.4, 0.5) is 0 Å². The highest BCUT2D eigenvalue weighted by Gasteiger charge is 2.32. The van der Waals surface area contributed by atoms with Crippen LogP contribution in [0.25, 0.3) is 0 Å². The van der Waals surface area contributed by atoms with Crippen molar-refractivity contribution < 1.29 is 28.7 Å². The number of ether oxygens (including phenoxy) is 2. The highest BCUT2D eigenvalue weighted by atomic mass is 16.5. The number of hydrogen-bond donors (Lipinski definition) is 1. The van der Waals surface area contributed by atoms with Crippen molar-refractivity contribution in [2.75, 3.05) is 32.8 Å². The Kier molecular flexibility index (Phi) is 15.0. The molecule has 0 bridgehead atoms. The van der Waals surface area contributed by atoms with Gasteiger partial charge in [0.2, 0.25) is 5.91 Å². The largest absolute Gasteiger partial charge is 0.461 e. The second kappa shape index (κ2) is 19.6. The minimum Gasteiger partial charge on any atom is -0.461 e. The number of esters is 1. The van der Waals surface area contributed by atoms with Crippen molar-refractivity contribution in [3.63, 3.8) is 0 Å². The molecule has 1 aliphatic heterocycles. The number of ketones is 2. The van der Waals surface area contributed by atoms with Gasteiger partial charge in [-0.3, -0.25) is 24.1 Å². The standard InChI is InChI=1S/C40H50N2O6/c1-30(2)24-37(38(44)27-35(25-32-14-8-4-9-15-32)40(46)48-29-33-16-10-5-11-17-33)41-39(45)34(19-18-31-12-6-3-7-13-31)26-36(43)28-42-20-22-47-23-21-42/h3-17,30,34-35,37H,18-29H2,1-2H3,(H,41,45)/t34-,35+,37+/m1/s1. The molecule has 3 aromatic carbocycles. The number of benzene rings is 3. The van der Waals surface area contributed by atoms with Gasteiger partial charge in [0, 0.05) is 31.8 Å². The van der Waals surface area contributed by atoms with Crippen LogP contribution in [0.3, 0.4) is 0 Å². The fourth-order valence-corrected chi connectivity index (χ4v) is 6.06. The Labute approximate surface area is 285 Å². The Balaban J connectivity index is 1.46. The number of aryl methyl sites for hydroxylation is 1. The first-order valence-corrected chi connectivity index (χ1v) is 17.2. The van der Waals surface area contributed by atoms with Crippen LogP contribution in [0, 0.1) is 17.8 Å². The van der Waals surface area contributed by atoms with Gasteiger partial charge in [-0.1, -0.05) is 105 Å². The Morgan fingerprint density at radius 1 is 0.771 bits per heavy atom. The Morgan fingerprint density at radius 2 is 1.35 bits per heavy atom. The van der Waals surface area contributed by atoms with E-state index < -0.39 is 23.8 Å². The number of amides is 1. The topological polar surface area (TPSA) is 102 Å². The van der Waals surface area contributed by atoms with Gasteiger partial charge in [0.1, 0.15) is 12.4 Å². The molecular weight excluding hydrogens is 604 g/mol. The summed E-state index contributed by atoms with van der Waals surface area (Å²) < 4.78 is 11.1. The summed E-state index contributed by atoms with van der Waals surface area (Å²) in [6.45, 7) is 6.96. The molecule has 3 atom stereocenters. The molecule has 1 aliphatic rings. The predicted molar refractivity (Wildman–Crippen MR) is 186 cm³/mol. The number of Topliss-reactive ketones (excluding diaryl/α,β-unsaturated/α-hetero) is 2. The fraction of sp³-hybridized carbons (Fsp3) is 0.450. The highest BCUT2D eigenvalue weighted by molar-refractivity contribution is 5.93. The molecule has 0 aromatic heterocycles. The summed E-state index contributed by atoms with van der Waals surface area (Å²) in [5.74, 6) is -2.14. The lowest BCUT2D eigenvalue weighted by atomic mass is 9.88. The van der Waals surface area contributed by atoms with Crippen molar-refractivity contribution in [3.05, 3.63) is 108 Å². The molecular formula is C40H50N2O6. The molecule has 48 heavy (non-hydrogen) atoms. The minimum atomic E-state index is -0.786. The highest BCUT2D eigenvalue weighted by Crippen LogP contribution is 2.21. The van der Waals surface area contributed by atoms with Crippen molar-refractivity contribution in [3.8, 4) is 0 Å². The number of rotatable bonds is 19. The Hall–Kier alpha value is -4.14. The summed E-state index contributed by atoms with van der Waals surface area (Å²) in [5.41, 5.74) is 2.88. The van der Waals surface area contributed by atoms with Gasteiger partial charge in [-0.2, -0.15) is 0 Å². The van der Waals surface area contributed by atoms with Gasteiger partial charge in [0.15, 0.2) is 5.78 Å². The van der Waals surface area contributed by atoms with E-state index >= 15 is 0 Å². The summed E-state index contributed by atoms with van der Waals surface area (Å²) in [5, 5.41) is 3.03. The molecule has 0 radical (unpaired) electrons. The smallest absolute Gasteiger partial charge is 0.310 e. The van der Waals surface area contributed by atoms with Gasteiger partial charge in [-0.25, -0.2) is 0 Å². The Bertz CT molecular complexity index is 1420. The summed E-state index contributed by atoms with van der Waals surface area (Å²) in [6.07, 6.45) is 1.92. The van der Waals surface area contributed by atoms with E-state index in [-0.39, 0.29) is 49.4 Å². The summed E-state index contributed by atoms with van der Waals surface area (Å²) in [7, 11) is 0. The second-order valence-corrected chi connectivity index (χ2v) is 13.2. The quantitative estimate of drug-likeness (QED) is 0.168. The normalized spacial score (nSPS) is 15.3. The van der Waals surface area contributed by atoms with E-state index in [1.54, 1.807) is 0 Å². The molecule has 4 rings (SSSR count). The molecule has 256 valence electrons. The first kappa shape index (κ1) is 36.7. The zero-order chi connectivity index (χ0) is 34.1. The predicted octanol–water partition coefficient (Wildman–Crippen LogP) is 5.62. The zero-order valence-corrected chi connectivity index (χ0v) is 28.4. The molecule has 0 unspecified atom stereocenters. The number of hydrogen-bond acceptors (Lipinski definition) is 7. The van der Waals surface area contributed by atoms with Crippen molar-refractivity contribution in [2.24, 2.45) is 17.8 Å². The number of nitrogens with one attached hydrogen (secondary N) is 1. The van der Waals surface area contributed by atoms with Crippen LogP contribution < -0.4 is 5.32 Å². The lowest BCUT2D eigenvalue weighted by Gasteiger charge is -2.27. The van der Waals surface area contributed by atoms with Gasteiger partial charge >= 0.3 is 5.97 Å². The lowest BCUT2D eigenvalue weighted by Crippen LogP contribution is -2.46. The number of morpholine rings is 1. The molecule has 1 heterocycles. The third-order valence-corrected chi connectivity index (χ3v) is 8.71. The SMILES string of the molecule is CC(C)C[C@H](NC(=O)[C@H](CCc1ccccc1)CC(=O)CN1CCOCC1)C(=O)C[C@H](Cc1ccccc1)C(=O)OCc1ccccc1. The first-order valence-electron chi connectivity index (χ1n) is 17.2. The summed E-state index contributed by atoms with van der Waals surface area (Å²) in [4.78, 5) is 56.6. The molecule has 0 aliphatic carbocycles. The van der Waals surface area contributed by atoms with Gasteiger partial charge in [-0.05, 0) is 48.3 Å². The maximum absolute atomic E-state index is 14.0. The third kappa shape index (κ3) is 12.8. The van der Waals surface area contributed by atoms with Crippen LogP contribution in [-0.2, 0) is 48.1 Å². The second-order valence-electron chi connectivity index (χ2n) is 13.2. The van der Waals surface area contributed by atoms with Crippen LogP contribution in [0.15, 0.2) is 91.0 Å². The molecule has 1 amide bonds. The van der Waals surface area contributed by atoms with Crippen LogP contribution in [0.2, 0.25) is 0 Å². The molecule has 3 aromatic rings. The third-order valence-electron chi connectivity index (χ3n) is 8.71. The molecule has 8 nitrogen and oxygen atoms in total. The number of carbonyl (C=O) groups is 4. The minimum absolute atomic E-state index is 0.000865. The van der Waals surface area contributed by atoms with Crippen LogP contribution in [-0.4, -0.2) is 67.2 Å². The van der Waals surface area contributed by atoms with E-state index in [0.29, 0.717) is 52.0 Å². The van der Waals surface area contributed by atoms with Gasteiger partial charge < -0.3 is 14.8 Å². The molecule has 1 fully saturated rings. The molecule has 1 N–H and O–H groups in total. The van der Waals surface area contributed by atoms with Crippen LogP contribution in [0.1, 0.15) is 56.2 Å². The molecule has 0 spiro atoms.